The summed E-state index contributed by atoms with van der Waals surface area (Å²) in [6.45, 7) is 1.97. The fourth-order valence-electron chi connectivity index (χ4n) is 2.99. The third-order valence-corrected chi connectivity index (χ3v) is 4.42. The highest BCUT2D eigenvalue weighted by Crippen LogP contribution is 2.29. The Bertz CT molecular complexity index is 1040. The number of rotatable bonds is 4. The molecule has 0 saturated heterocycles. The number of aromatic nitrogens is 1. The Morgan fingerprint density at radius 3 is 2.38 bits per heavy atom. The lowest BCUT2D eigenvalue weighted by Crippen LogP contribution is -2.26. The molecular weight excluding hydrogens is 324 g/mol. The topological polar surface area (TPSA) is 55.1 Å². The first-order valence-electron chi connectivity index (χ1n) is 8.53. The summed E-state index contributed by atoms with van der Waals surface area (Å²) in [6, 6.07) is 25.0. The van der Waals surface area contributed by atoms with Gasteiger partial charge >= 0.3 is 0 Å². The standard InChI is InChI=1S/C22H18N2O2/c1-15(16-8-4-2-5-9-16)23-22(25)18-12-13-20-19(14-18)21(26-24-20)17-10-6-3-7-11-17/h2-15H,1H3,(H,23,25)/t15-/m0/s1. The van der Waals surface area contributed by atoms with E-state index in [1.807, 2.05) is 79.7 Å². The van der Waals surface area contributed by atoms with Crippen LogP contribution in [0, 0.1) is 0 Å². The molecule has 26 heavy (non-hydrogen) atoms. The van der Waals surface area contributed by atoms with Crippen LogP contribution in [0.25, 0.3) is 22.2 Å². The number of benzene rings is 3. The summed E-state index contributed by atoms with van der Waals surface area (Å²) >= 11 is 0. The molecule has 0 saturated carbocycles. The van der Waals surface area contributed by atoms with Crippen LogP contribution < -0.4 is 5.32 Å². The van der Waals surface area contributed by atoms with Crippen LogP contribution >= 0.6 is 0 Å². The Morgan fingerprint density at radius 2 is 1.65 bits per heavy atom. The minimum absolute atomic E-state index is 0.0736. The van der Waals surface area contributed by atoms with Crippen molar-refractivity contribution in [2.45, 2.75) is 13.0 Å². The average molecular weight is 342 g/mol. The van der Waals surface area contributed by atoms with E-state index in [1.54, 1.807) is 6.07 Å². The van der Waals surface area contributed by atoms with Crippen molar-refractivity contribution >= 4 is 16.8 Å². The van der Waals surface area contributed by atoms with Crippen molar-refractivity contribution in [2.75, 3.05) is 0 Å². The minimum atomic E-state index is -0.122. The number of carbonyl (C=O) groups excluding carboxylic acids is 1. The summed E-state index contributed by atoms with van der Waals surface area (Å²) in [5.74, 6) is 0.551. The van der Waals surface area contributed by atoms with Gasteiger partial charge in [-0.25, -0.2) is 0 Å². The van der Waals surface area contributed by atoms with E-state index in [1.165, 1.54) is 0 Å². The SMILES string of the molecule is C[C@H](NC(=O)c1ccc2noc(-c3ccccc3)c2c1)c1ccccc1. The molecule has 1 heterocycles. The first-order valence-corrected chi connectivity index (χ1v) is 8.53. The minimum Gasteiger partial charge on any atom is -0.355 e. The van der Waals surface area contributed by atoms with E-state index in [-0.39, 0.29) is 11.9 Å². The molecule has 4 aromatic rings. The largest absolute Gasteiger partial charge is 0.355 e. The normalized spacial score (nSPS) is 12.0. The highest BCUT2D eigenvalue weighted by atomic mass is 16.5. The first kappa shape index (κ1) is 16.1. The van der Waals surface area contributed by atoms with Crippen LogP contribution in [0.3, 0.4) is 0 Å². The molecule has 4 nitrogen and oxygen atoms in total. The lowest BCUT2D eigenvalue weighted by atomic mass is 10.0. The molecule has 4 rings (SSSR count). The van der Waals surface area contributed by atoms with Gasteiger partial charge in [0.2, 0.25) is 0 Å². The van der Waals surface area contributed by atoms with E-state index in [0.29, 0.717) is 11.3 Å². The second-order valence-corrected chi connectivity index (χ2v) is 6.22. The number of hydrogen-bond donors (Lipinski definition) is 1. The third kappa shape index (κ3) is 3.09. The van der Waals surface area contributed by atoms with E-state index < -0.39 is 0 Å². The highest BCUT2D eigenvalue weighted by Gasteiger charge is 2.15. The fraction of sp³-hybridized carbons (Fsp3) is 0.0909. The molecule has 0 fully saturated rings. The quantitative estimate of drug-likeness (QED) is 0.569. The Kier molecular flexibility index (Phi) is 4.23. The zero-order chi connectivity index (χ0) is 17.9. The molecule has 0 unspecified atom stereocenters. The van der Waals surface area contributed by atoms with Gasteiger partial charge in [0.25, 0.3) is 5.91 Å². The summed E-state index contributed by atoms with van der Waals surface area (Å²) in [7, 11) is 0. The maximum Gasteiger partial charge on any atom is 0.251 e. The molecule has 0 bridgehead atoms. The van der Waals surface area contributed by atoms with Gasteiger partial charge in [0.05, 0.1) is 11.4 Å². The molecule has 0 aliphatic carbocycles. The van der Waals surface area contributed by atoms with Crippen molar-refractivity contribution in [3.05, 3.63) is 90.0 Å². The number of fused-ring (bicyclic) bond motifs is 1. The summed E-state index contributed by atoms with van der Waals surface area (Å²) in [4.78, 5) is 12.7. The number of carbonyl (C=O) groups is 1. The van der Waals surface area contributed by atoms with E-state index in [0.717, 1.165) is 22.0 Å². The number of nitrogens with zero attached hydrogens (tertiary/aromatic N) is 1. The predicted octanol–water partition coefficient (Wildman–Crippen LogP) is 4.99. The monoisotopic (exact) mass is 342 g/mol. The third-order valence-electron chi connectivity index (χ3n) is 4.42. The summed E-state index contributed by atoms with van der Waals surface area (Å²) in [5.41, 5.74) is 3.32. The second kappa shape index (κ2) is 6.84. The van der Waals surface area contributed by atoms with Crippen LogP contribution in [0.5, 0.6) is 0 Å². The molecule has 128 valence electrons. The lowest BCUT2D eigenvalue weighted by molar-refractivity contribution is 0.0940. The van der Waals surface area contributed by atoms with Gasteiger partial charge in [-0.2, -0.15) is 0 Å². The van der Waals surface area contributed by atoms with Crippen molar-refractivity contribution in [1.29, 1.82) is 0 Å². The van der Waals surface area contributed by atoms with Crippen LogP contribution in [-0.4, -0.2) is 11.1 Å². The van der Waals surface area contributed by atoms with Crippen molar-refractivity contribution in [3.8, 4) is 11.3 Å². The maximum absolute atomic E-state index is 12.7. The second-order valence-electron chi connectivity index (χ2n) is 6.22. The first-order chi connectivity index (χ1) is 12.7. The van der Waals surface area contributed by atoms with Crippen molar-refractivity contribution in [1.82, 2.24) is 10.5 Å². The van der Waals surface area contributed by atoms with Crippen LogP contribution in [-0.2, 0) is 0 Å². The zero-order valence-corrected chi connectivity index (χ0v) is 14.3. The molecule has 3 aromatic carbocycles. The van der Waals surface area contributed by atoms with Crippen molar-refractivity contribution < 1.29 is 9.32 Å². The molecule has 0 aliphatic heterocycles. The molecule has 4 heteroatoms. The molecule has 0 spiro atoms. The Morgan fingerprint density at radius 1 is 0.962 bits per heavy atom. The van der Waals surface area contributed by atoms with E-state index in [2.05, 4.69) is 10.5 Å². The van der Waals surface area contributed by atoms with Gasteiger partial charge in [0, 0.05) is 11.1 Å². The van der Waals surface area contributed by atoms with Gasteiger partial charge in [-0.05, 0) is 30.7 Å². The van der Waals surface area contributed by atoms with Gasteiger partial charge in [0.15, 0.2) is 5.76 Å². The fourth-order valence-corrected chi connectivity index (χ4v) is 2.99. The zero-order valence-electron chi connectivity index (χ0n) is 14.3. The lowest BCUT2D eigenvalue weighted by Gasteiger charge is -2.14. The van der Waals surface area contributed by atoms with Crippen LogP contribution in [0.2, 0.25) is 0 Å². The van der Waals surface area contributed by atoms with Crippen molar-refractivity contribution in [2.24, 2.45) is 0 Å². The van der Waals surface area contributed by atoms with Crippen molar-refractivity contribution in [3.63, 3.8) is 0 Å². The van der Waals surface area contributed by atoms with Crippen LogP contribution in [0.4, 0.5) is 0 Å². The number of hydrogen-bond acceptors (Lipinski definition) is 3. The van der Waals surface area contributed by atoms with E-state index >= 15 is 0 Å². The molecular formula is C22H18N2O2. The van der Waals surface area contributed by atoms with Crippen LogP contribution in [0.15, 0.2) is 83.4 Å². The van der Waals surface area contributed by atoms with E-state index in [4.69, 9.17) is 4.52 Å². The number of amides is 1. The molecule has 1 N–H and O–H groups in total. The Hall–Kier alpha value is -3.40. The van der Waals surface area contributed by atoms with Gasteiger partial charge in [0.1, 0.15) is 5.52 Å². The molecule has 1 aromatic heterocycles. The molecule has 1 atom stereocenters. The molecule has 1 amide bonds. The predicted molar refractivity (Wildman–Crippen MR) is 102 cm³/mol. The Labute approximate surface area is 151 Å². The summed E-state index contributed by atoms with van der Waals surface area (Å²) in [6.07, 6.45) is 0. The molecule has 0 aliphatic rings. The van der Waals surface area contributed by atoms with Gasteiger partial charge in [-0.3, -0.25) is 4.79 Å². The van der Waals surface area contributed by atoms with Crippen LogP contribution in [0.1, 0.15) is 28.9 Å². The maximum atomic E-state index is 12.7. The van der Waals surface area contributed by atoms with Gasteiger partial charge in [-0.15, -0.1) is 0 Å². The molecule has 0 radical (unpaired) electrons. The smallest absolute Gasteiger partial charge is 0.251 e. The average Bonchev–Trinajstić information content (AvgIpc) is 3.12. The summed E-state index contributed by atoms with van der Waals surface area (Å²) in [5, 5.41) is 7.97. The van der Waals surface area contributed by atoms with Gasteiger partial charge < -0.3 is 9.84 Å². The highest BCUT2D eigenvalue weighted by molar-refractivity contribution is 6.01. The number of nitrogens with one attached hydrogen (secondary N) is 1. The van der Waals surface area contributed by atoms with Gasteiger partial charge in [-0.1, -0.05) is 65.8 Å². The van der Waals surface area contributed by atoms with E-state index in [9.17, 15) is 4.79 Å². The summed E-state index contributed by atoms with van der Waals surface area (Å²) < 4.78 is 5.50. The Balaban J connectivity index is 1.64.